The third-order valence-corrected chi connectivity index (χ3v) is 4.21. The number of β-amino-alcohol motifs (C(OH)–C–C–N with tert-alkyl or cyclic N) is 1. The number of nitrogens with zero attached hydrogens (tertiary/aromatic N) is 3. The van der Waals surface area contributed by atoms with Gasteiger partial charge in [0.25, 0.3) is 5.91 Å². The molecule has 2 atom stereocenters. The van der Waals surface area contributed by atoms with Gasteiger partial charge in [-0.1, -0.05) is 26.0 Å². The van der Waals surface area contributed by atoms with Crippen molar-refractivity contribution < 1.29 is 14.3 Å². The van der Waals surface area contributed by atoms with Gasteiger partial charge in [0.2, 0.25) is 0 Å². The molecule has 5 nitrogen and oxygen atoms in total. The Morgan fingerprint density at radius 2 is 2.25 bits per heavy atom. The van der Waals surface area contributed by atoms with E-state index < -0.39 is 6.10 Å². The van der Waals surface area contributed by atoms with E-state index >= 15 is 0 Å². The molecular weight excluding hydrogens is 309 g/mol. The summed E-state index contributed by atoms with van der Waals surface area (Å²) in [4.78, 5) is 14.4. The lowest BCUT2D eigenvalue weighted by Crippen LogP contribution is -2.31. The van der Waals surface area contributed by atoms with Crippen LogP contribution in [0.25, 0.3) is 0 Å². The van der Waals surface area contributed by atoms with E-state index in [0.29, 0.717) is 23.5 Å². The van der Waals surface area contributed by atoms with Crippen LogP contribution in [0.4, 0.5) is 4.39 Å². The molecule has 2 aromatic rings. The summed E-state index contributed by atoms with van der Waals surface area (Å²) in [5.74, 6) is -0.0941. The molecule has 2 heterocycles. The SMILES string of the molecule is CC(C)Cn1cc(C(=O)N2C[C@@H](O)C[C@H]2c2cccc(F)c2)cn1. The van der Waals surface area contributed by atoms with Gasteiger partial charge in [0.1, 0.15) is 5.82 Å². The van der Waals surface area contributed by atoms with Gasteiger partial charge in [-0.3, -0.25) is 9.48 Å². The smallest absolute Gasteiger partial charge is 0.257 e. The van der Waals surface area contributed by atoms with Crippen molar-refractivity contribution in [1.82, 2.24) is 14.7 Å². The van der Waals surface area contributed by atoms with Crippen LogP contribution in [0.2, 0.25) is 0 Å². The molecule has 1 amide bonds. The summed E-state index contributed by atoms with van der Waals surface area (Å²) in [6.45, 7) is 5.15. The number of likely N-dealkylation sites (tertiary alicyclic amines) is 1. The largest absolute Gasteiger partial charge is 0.391 e. The molecule has 0 bridgehead atoms. The van der Waals surface area contributed by atoms with Crippen LogP contribution in [0.1, 0.15) is 42.2 Å². The molecule has 1 N–H and O–H groups in total. The maximum Gasteiger partial charge on any atom is 0.257 e. The Labute approximate surface area is 140 Å². The first-order valence-corrected chi connectivity index (χ1v) is 8.21. The maximum atomic E-state index is 13.5. The van der Waals surface area contributed by atoms with Crippen LogP contribution >= 0.6 is 0 Å². The number of aliphatic hydroxyl groups is 1. The second-order valence-electron chi connectivity index (χ2n) is 6.76. The lowest BCUT2D eigenvalue weighted by atomic mass is 10.0. The van der Waals surface area contributed by atoms with Gasteiger partial charge in [-0.05, 0) is 30.0 Å². The highest BCUT2D eigenvalue weighted by atomic mass is 19.1. The van der Waals surface area contributed by atoms with Gasteiger partial charge in [-0.15, -0.1) is 0 Å². The van der Waals surface area contributed by atoms with Crippen LogP contribution in [0, 0.1) is 11.7 Å². The molecule has 0 aliphatic carbocycles. The summed E-state index contributed by atoms with van der Waals surface area (Å²) in [5, 5.41) is 14.2. The summed E-state index contributed by atoms with van der Waals surface area (Å²) >= 11 is 0. The third kappa shape index (κ3) is 3.48. The number of hydrogen-bond acceptors (Lipinski definition) is 3. The Bertz CT molecular complexity index is 729. The van der Waals surface area contributed by atoms with E-state index in [1.807, 2.05) is 0 Å². The second-order valence-corrected chi connectivity index (χ2v) is 6.76. The number of hydrogen-bond donors (Lipinski definition) is 1. The van der Waals surface area contributed by atoms with E-state index in [9.17, 15) is 14.3 Å². The molecule has 1 aromatic carbocycles. The summed E-state index contributed by atoms with van der Waals surface area (Å²) in [5.41, 5.74) is 1.20. The number of aromatic nitrogens is 2. The Morgan fingerprint density at radius 1 is 1.46 bits per heavy atom. The van der Waals surface area contributed by atoms with E-state index in [4.69, 9.17) is 0 Å². The van der Waals surface area contributed by atoms with Crippen molar-refractivity contribution in [2.24, 2.45) is 5.92 Å². The normalized spacial score (nSPS) is 20.8. The highest BCUT2D eigenvalue weighted by Gasteiger charge is 2.36. The van der Waals surface area contributed by atoms with Crippen molar-refractivity contribution in [1.29, 1.82) is 0 Å². The minimum absolute atomic E-state index is 0.184. The van der Waals surface area contributed by atoms with Gasteiger partial charge in [-0.2, -0.15) is 5.10 Å². The van der Waals surface area contributed by atoms with Crippen LogP contribution in [0.15, 0.2) is 36.7 Å². The molecule has 0 saturated carbocycles. The first kappa shape index (κ1) is 16.6. The van der Waals surface area contributed by atoms with E-state index in [0.717, 1.165) is 6.54 Å². The molecular formula is C18H22FN3O2. The van der Waals surface area contributed by atoms with Crippen molar-refractivity contribution in [2.75, 3.05) is 6.54 Å². The monoisotopic (exact) mass is 331 g/mol. The minimum atomic E-state index is -0.604. The molecule has 1 saturated heterocycles. The van der Waals surface area contributed by atoms with Crippen molar-refractivity contribution in [3.05, 3.63) is 53.6 Å². The number of carbonyl (C=O) groups excluding carboxylic acids is 1. The summed E-state index contributed by atoms with van der Waals surface area (Å²) < 4.78 is 15.3. The van der Waals surface area contributed by atoms with E-state index in [2.05, 4.69) is 18.9 Å². The predicted octanol–water partition coefficient (Wildman–Crippen LogP) is 2.63. The van der Waals surface area contributed by atoms with Crippen molar-refractivity contribution in [3.8, 4) is 0 Å². The molecule has 0 spiro atoms. The second kappa shape index (κ2) is 6.73. The lowest BCUT2D eigenvalue weighted by Gasteiger charge is -2.24. The van der Waals surface area contributed by atoms with Gasteiger partial charge in [-0.25, -0.2) is 4.39 Å². The number of amides is 1. The lowest BCUT2D eigenvalue weighted by molar-refractivity contribution is 0.0715. The van der Waals surface area contributed by atoms with Gasteiger partial charge in [0.15, 0.2) is 0 Å². The fraction of sp³-hybridized carbons (Fsp3) is 0.444. The predicted molar refractivity (Wildman–Crippen MR) is 87.9 cm³/mol. The molecule has 6 heteroatoms. The molecule has 0 unspecified atom stereocenters. The summed E-state index contributed by atoms with van der Waals surface area (Å²) in [6.07, 6.45) is 3.09. The Hall–Kier alpha value is -2.21. The van der Waals surface area contributed by atoms with Gasteiger partial charge >= 0.3 is 0 Å². The molecule has 24 heavy (non-hydrogen) atoms. The number of aliphatic hydroxyl groups excluding tert-OH is 1. The van der Waals surface area contributed by atoms with Crippen molar-refractivity contribution in [2.45, 2.75) is 39.0 Å². The van der Waals surface area contributed by atoms with E-state index in [1.54, 1.807) is 34.1 Å². The van der Waals surface area contributed by atoms with Crippen molar-refractivity contribution in [3.63, 3.8) is 0 Å². The zero-order valence-corrected chi connectivity index (χ0v) is 13.9. The van der Waals surface area contributed by atoms with Crippen molar-refractivity contribution >= 4 is 5.91 Å². The third-order valence-electron chi connectivity index (χ3n) is 4.21. The zero-order chi connectivity index (χ0) is 17.3. The number of benzene rings is 1. The molecule has 1 fully saturated rings. The van der Waals surface area contributed by atoms with Gasteiger partial charge < -0.3 is 10.0 Å². The first-order chi connectivity index (χ1) is 11.4. The van der Waals surface area contributed by atoms with Crippen LogP contribution < -0.4 is 0 Å². The topological polar surface area (TPSA) is 58.4 Å². The molecule has 1 aromatic heterocycles. The average molecular weight is 331 g/mol. The number of carbonyl (C=O) groups is 1. The molecule has 128 valence electrons. The Morgan fingerprint density at radius 3 is 2.96 bits per heavy atom. The van der Waals surface area contributed by atoms with Crippen LogP contribution in [-0.2, 0) is 6.54 Å². The highest BCUT2D eigenvalue weighted by Crippen LogP contribution is 2.33. The Balaban J connectivity index is 1.83. The summed E-state index contributed by atoms with van der Waals surface area (Å²) in [7, 11) is 0. The first-order valence-electron chi connectivity index (χ1n) is 8.21. The molecule has 0 radical (unpaired) electrons. The molecule has 1 aliphatic rings. The number of rotatable bonds is 4. The van der Waals surface area contributed by atoms with E-state index in [-0.39, 0.29) is 24.3 Å². The molecule has 3 rings (SSSR count). The van der Waals surface area contributed by atoms with Crippen LogP contribution in [-0.4, -0.2) is 38.3 Å². The van der Waals surface area contributed by atoms with E-state index in [1.165, 1.54) is 12.1 Å². The Kier molecular flexibility index (Phi) is 4.66. The zero-order valence-electron chi connectivity index (χ0n) is 13.9. The van der Waals surface area contributed by atoms with Crippen LogP contribution in [0.5, 0.6) is 0 Å². The van der Waals surface area contributed by atoms with Crippen LogP contribution in [0.3, 0.4) is 0 Å². The fourth-order valence-corrected chi connectivity index (χ4v) is 3.18. The van der Waals surface area contributed by atoms with Gasteiger partial charge in [0.05, 0.1) is 23.9 Å². The highest BCUT2D eigenvalue weighted by molar-refractivity contribution is 5.94. The minimum Gasteiger partial charge on any atom is -0.391 e. The molecule has 1 aliphatic heterocycles. The standard InChI is InChI=1S/C18H22FN3O2/c1-12(2)9-21-10-14(8-20-21)18(24)22-11-16(23)7-17(22)13-4-3-5-15(19)6-13/h3-6,8,10,12,16-17,23H,7,9,11H2,1-2H3/t16-,17-/m0/s1. The maximum absolute atomic E-state index is 13.5. The number of halogens is 1. The fourth-order valence-electron chi connectivity index (χ4n) is 3.18. The summed E-state index contributed by atoms with van der Waals surface area (Å²) in [6, 6.07) is 5.88. The quantitative estimate of drug-likeness (QED) is 0.937. The average Bonchev–Trinajstić information content (AvgIpc) is 3.12. The van der Waals surface area contributed by atoms with Gasteiger partial charge in [0, 0.05) is 19.3 Å².